The van der Waals surface area contributed by atoms with Gasteiger partial charge in [-0.05, 0) is 0 Å². The number of carbonyl (C=O) groups excluding carboxylic acids is 1. The van der Waals surface area contributed by atoms with E-state index in [1.54, 1.807) is 0 Å². The van der Waals surface area contributed by atoms with Crippen molar-refractivity contribution in [3.8, 4) is 0 Å². The van der Waals surface area contributed by atoms with Gasteiger partial charge in [-0.1, -0.05) is 6.58 Å². The molecule has 0 aromatic rings. The van der Waals surface area contributed by atoms with Crippen LogP contribution in [0.5, 0.6) is 0 Å². The predicted molar refractivity (Wildman–Crippen MR) is 60.2 cm³/mol. The Bertz CT molecular complexity index is 776. The van der Waals surface area contributed by atoms with Crippen LogP contribution < -0.4 is 0 Å². The zero-order valence-corrected chi connectivity index (χ0v) is 13.0. The molecule has 0 aromatic heterocycles. The van der Waals surface area contributed by atoms with Crippen LogP contribution in [0.15, 0.2) is 12.7 Å². The molecule has 4 aliphatic rings. The van der Waals surface area contributed by atoms with Crippen molar-refractivity contribution in [3.63, 3.8) is 0 Å². The molecule has 4 bridgehead atoms. The number of esters is 1. The van der Waals surface area contributed by atoms with E-state index in [9.17, 15) is 66.3 Å². The maximum atomic E-state index is 14.6. The van der Waals surface area contributed by atoms with Gasteiger partial charge in [0.25, 0.3) is 11.3 Å². The summed E-state index contributed by atoms with van der Waals surface area (Å²) in [4.78, 5) is 11.1. The van der Waals surface area contributed by atoms with Crippen LogP contribution >= 0.6 is 0 Å². The second kappa shape index (κ2) is 4.60. The van der Waals surface area contributed by atoms with Gasteiger partial charge in [0.15, 0.2) is 6.17 Å². The van der Waals surface area contributed by atoms with Crippen LogP contribution in [0.4, 0.5) is 61.5 Å². The Morgan fingerprint density at radius 1 is 0.690 bits per heavy atom. The molecule has 0 aliphatic heterocycles. The molecule has 0 saturated heterocycles. The van der Waals surface area contributed by atoms with E-state index >= 15 is 0 Å². The average Bonchev–Trinajstić information content (AvgIpc) is 2.58. The molecule has 0 N–H and O–H groups in total. The quantitative estimate of drug-likeness (QED) is 0.354. The van der Waals surface area contributed by atoms with Crippen LogP contribution in [-0.2, 0) is 9.53 Å². The Balaban J connectivity index is 2.64. The molecule has 0 radical (unpaired) electrons. The Labute approximate surface area is 149 Å². The van der Waals surface area contributed by atoms with Crippen LogP contribution in [0.3, 0.4) is 0 Å². The summed E-state index contributed by atoms with van der Waals surface area (Å²) in [5.74, 6) is -40.1. The molecule has 3 unspecified atom stereocenters. The molecule has 0 amide bonds. The van der Waals surface area contributed by atoms with E-state index in [-0.39, 0.29) is 0 Å². The first-order valence-electron chi connectivity index (χ1n) is 7.06. The molecule has 166 valence electrons. The standard InChI is InChI=1S/C13H4F14O2/c1-2-3(28)29-6-4(14)5(15)9(18,19)7(16,11(6,22)23)13(26,27)8(17,10(5,20)21)12(6,24)25/h2,4H,1H2. The van der Waals surface area contributed by atoms with Gasteiger partial charge in [-0.3, -0.25) is 0 Å². The van der Waals surface area contributed by atoms with E-state index in [4.69, 9.17) is 0 Å². The van der Waals surface area contributed by atoms with Gasteiger partial charge in [-0.15, -0.1) is 0 Å². The predicted octanol–water partition coefficient (Wildman–Crippen LogP) is 4.13. The summed E-state index contributed by atoms with van der Waals surface area (Å²) in [6, 6.07) is 0. The molecular formula is C13H4F14O2. The third-order valence-electron chi connectivity index (χ3n) is 5.58. The molecule has 0 aromatic carbocycles. The molecule has 4 saturated carbocycles. The van der Waals surface area contributed by atoms with Crippen LogP contribution in [-0.4, -0.2) is 64.4 Å². The highest BCUT2D eigenvalue weighted by Gasteiger charge is 3.20. The number of carbonyl (C=O) groups is 1. The fourth-order valence-corrected chi connectivity index (χ4v) is 4.12. The van der Waals surface area contributed by atoms with Crippen molar-refractivity contribution in [1.82, 2.24) is 0 Å². The van der Waals surface area contributed by atoms with E-state index in [1.165, 1.54) is 0 Å². The van der Waals surface area contributed by atoms with Gasteiger partial charge in [0.2, 0.25) is 0 Å². The highest BCUT2D eigenvalue weighted by Crippen LogP contribution is 2.86. The Kier molecular flexibility index (Phi) is 3.48. The summed E-state index contributed by atoms with van der Waals surface area (Å²) < 4.78 is 203. The van der Waals surface area contributed by atoms with Crippen molar-refractivity contribution in [3.05, 3.63) is 12.7 Å². The van der Waals surface area contributed by atoms with E-state index in [1.807, 2.05) is 0 Å². The van der Waals surface area contributed by atoms with Crippen molar-refractivity contribution in [1.29, 1.82) is 0 Å². The van der Waals surface area contributed by atoms with Gasteiger partial charge >= 0.3 is 46.9 Å². The molecule has 16 heteroatoms. The Hall–Kier alpha value is -1.77. The first kappa shape index (κ1) is 21.9. The van der Waals surface area contributed by atoms with Gasteiger partial charge < -0.3 is 4.74 Å². The van der Waals surface area contributed by atoms with E-state index in [0.29, 0.717) is 0 Å². The minimum absolute atomic E-state index is 0.410. The SMILES string of the molecule is C=CC(=O)OC12C(F)C3(F)C(F)(F)C(F)(C1(F)F)C(F)(F)C(F)(C3(F)F)C2(F)F. The van der Waals surface area contributed by atoms with Gasteiger partial charge in [-0.2, -0.15) is 43.9 Å². The summed E-state index contributed by atoms with van der Waals surface area (Å²) in [5.41, 5.74) is -28.6. The van der Waals surface area contributed by atoms with Crippen molar-refractivity contribution in [2.75, 3.05) is 0 Å². The smallest absolute Gasteiger partial charge is 0.341 e. The molecule has 4 aliphatic carbocycles. The van der Waals surface area contributed by atoms with Crippen LogP contribution in [0, 0.1) is 0 Å². The summed E-state index contributed by atoms with van der Waals surface area (Å²) in [7, 11) is 0. The lowest BCUT2D eigenvalue weighted by Gasteiger charge is -2.73. The maximum absolute atomic E-state index is 14.6. The molecule has 3 atom stereocenters. The monoisotopic (exact) mass is 458 g/mol. The number of hydrogen-bond acceptors (Lipinski definition) is 2. The largest absolute Gasteiger partial charge is 0.439 e. The molecule has 29 heavy (non-hydrogen) atoms. The summed E-state index contributed by atoms with van der Waals surface area (Å²) in [5, 5.41) is 0. The fraction of sp³-hybridized carbons (Fsp3) is 0.769. The van der Waals surface area contributed by atoms with Gasteiger partial charge in [0.1, 0.15) is 0 Å². The van der Waals surface area contributed by atoms with E-state index in [0.717, 1.165) is 0 Å². The highest BCUT2D eigenvalue weighted by molar-refractivity contribution is 5.82. The molecule has 0 heterocycles. The third-order valence-corrected chi connectivity index (χ3v) is 5.58. The lowest BCUT2D eigenvalue weighted by atomic mass is 9.41. The maximum Gasteiger partial charge on any atom is 0.341 e. The highest BCUT2D eigenvalue weighted by atomic mass is 19.3. The first-order valence-corrected chi connectivity index (χ1v) is 7.06. The third kappa shape index (κ3) is 1.34. The molecular weight excluding hydrogens is 454 g/mol. The minimum atomic E-state index is -7.72. The van der Waals surface area contributed by atoms with Gasteiger partial charge in [-0.25, -0.2) is 22.4 Å². The van der Waals surface area contributed by atoms with Gasteiger partial charge in [0, 0.05) is 6.08 Å². The van der Waals surface area contributed by atoms with Crippen molar-refractivity contribution in [2.45, 2.75) is 58.4 Å². The van der Waals surface area contributed by atoms with Crippen molar-refractivity contribution >= 4 is 5.97 Å². The average molecular weight is 458 g/mol. The lowest BCUT2D eigenvalue weighted by Crippen LogP contribution is -3.08. The van der Waals surface area contributed by atoms with E-state index in [2.05, 4.69) is 11.3 Å². The first-order chi connectivity index (χ1) is 12.6. The summed E-state index contributed by atoms with van der Waals surface area (Å²) in [6.45, 7) is 2.40. The minimum Gasteiger partial charge on any atom is -0.439 e. The zero-order chi connectivity index (χ0) is 23.1. The van der Waals surface area contributed by atoms with Crippen LogP contribution in [0.1, 0.15) is 0 Å². The number of ether oxygens (including phenoxy) is 1. The van der Waals surface area contributed by atoms with Crippen LogP contribution in [0.2, 0.25) is 0 Å². The number of alkyl halides is 14. The van der Waals surface area contributed by atoms with E-state index < -0.39 is 70.4 Å². The second-order valence-electron chi connectivity index (χ2n) is 6.62. The van der Waals surface area contributed by atoms with Crippen molar-refractivity contribution in [2.24, 2.45) is 0 Å². The number of halogens is 14. The Morgan fingerprint density at radius 3 is 1.34 bits per heavy atom. The van der Waals surface area contributed by atoms with Gasteiger partial charge in [0.05, 0.1) is 0 Å². The lowest BCUT2D eigenvalue weighted by molar-refractivity contribution is -0.587. The normalized spacial score (nSPS) is 49.5. The topological polar surface area (TPSA) is 26.3 Å². The summed E-state index contributed by atoms with van der Waals surface area (Å²) >= 11 is 0. The number of rotatable bonds is 2. The Morgan fingerprint density at radius 2 is 1.03 bits per heavy atom. The molecule has 2 nitrogen and oxygen atoms in total. The second-order valence-corrected chi connectivity index (χ2v) is 6.62. The molecule has 4 rings (SSSR count). The zero-order valence-electron chi connectivity index (χ0n) is 13.0. The van der Waals surface area contributed by atoms with Crippen LogP contribution in [0.25, 0.3) is 0 Å². The summed E-state index contributed by atoms with van der Waals surface area (Å²) in [6.07, 6.45) is -6.19. The fourth-order valence-electron chi connectivity index (χ4n) is 4.12. The molecule has 0 spiro atoms. The van der Waals surface area contributed by atoms with Crippen molar-refractivity contribution < 1.29 is 71.0 Å². The molecule has 4 fully saturated rings. The number of hydrogen-bond donors (Lipinski definition) is 0.